The highest BCUT2D eigenvalue weighted by Crippen LogP contribution is 2.39. The number of aromatic nitrogens is 1. The van der Waals surface area contributed by atoms with Gasteiger partial charge in [0.1, 0.15) is 11.3 Å². The highest BCUT2D eigenvalue weighted by Gasteiger charge is 2.43. The summed E-state index contributed by atoms with van der Waals surface area (Å²) in [6, 6.07) is 11.5. The Bertz CT molecular complexity index is 1140. The third kappa shape index (κ3) is 3.90. The van der Waals surface area contributed by atoms with Crippen LogP contribution in [0.4, 0.5) is 13.2 Å². The Balaban J connectivity index is 1.62. The summed E-state index contributed by atoms with van der Waals surface area (Å²) in [6.07, 6.45) is -4.17. The first-order valence-electron chi connectivity index (χ1n) is 9.44. The van der Waals surface area contributed by atoms with Crippen LogP contribution in [0.5, 0.6) is 5.75 Å². The van der Waals surface area contributed by atoms with Gasteiger partial charge in [0.15, 0.2) is 17.2 Å². The van der Waals surface area contributed by atoms with E-state index in [4.69, 9.17) is 9.26 Å². The van der Waals surface area contributed by atoms with Crippen molar-refractivity contribution in [3.8, 4) is 17.1 Å². The van der Waals surface area contributed by atoms with Crippen LogP contribution in [-0.2, 0) is 12.6 Å². The number of carbonyl (C=O) groups excluding carboxylic acids is 2. The molecule has 160 valence electrons. The van der Waals surface area contributed by atoms with E-state index in [-0.39, 0.29) is 17.8 Å². The smallest absolute Gasteiger partial charge is 0.422 e. The lowest BCUT2D eigenvalue weighted by molar-refractivity contribution is -0.137. The van der Waals surface area contributed by atoms with Gasteiger partial charge in [0.05, 0.1) is 13.2 Å². The highest BCUT2D eigenvalue weighted by atomic mass is 19.4. The van der Waals surface area contributed by atoms with E-state index in [0.717, 1.165) is 5.56 Å². The van der Waals surface area contributed by atoms with Crippen LogP contribution >= 0.6 is 0 Å². The maximum absolute atomic E-state index is 13.8. The first-order chi connectivity index (χ1) is 14.8. The second-order valence-corrected chi connectivity index (χ2v) is 7.05. The molecule has 4 rings (SSSR count). The summed E-state index contributed by atoms with van der Waals surface area (Å²) in [7, 11) is 1.51. The van der Waals surface area contributed by atoms with Crippen LogP contribution in [0.3, 0.4) is 0 Å². The van der Waals surface area contributed by atoms with Crippen LogP contribution in [0, 0.1) is 0 Å². The summed E-state index contributed by atoms with van der Waals surface area (Å²) < 4.78 is 51.3. The van der Waals surface area contributed by atoms with Gasteiger partial charge in [0, 0.05) is 11.1 Å². The van der Waals surface area contributed by atoms with E-state index in [1.54, 1.807) is 36.4 Å². The van der Waals surface area contributed by atoms with Crippen molar-refractivity contribution in [1.82, 2.24) is 10.5 Å². The van der Waals surface area contributed by atoms with Crippen molar-refractivity contribution in [2.75, 3.05) is 7.11 Å². The molecule has 1 unspecified atom stereocenters. The van der Waals surface area contributed by atoms with E-state index in [9.17, 15) is 22.8 Å². The van der Waals surface area contributed by atoms with Crippen LogP contribution in [0.2, 0.25) is 0 Å². The van der Waals surface area contributed by atoms with Crippen molar-refractivity contribution < 1.29 is 32.0 Å². The molecule has 31 heavy (non-hydrogen) atoms. The van der Waals surface area contributed by atoms with Gasteiger partial charge in [-0.1, -0.05) is 35.5 Å². The average molecular weight is 430 g/mol. The lowest BCUT2D eigenvalue weighted by Gasteiger charge is -2.24. The van der Waals surface area contributed by atoms with Gasteiger partial charge in [-0.15, -0.1) is 0 Å². The molecule has 2 aromatic carbocycles. The number of nitrogens with zero attached hydrogens (tertiary/aromatic N) is 1. The lowest BCUT2D eigenvalue weighted by Crippen LogP contribution is -2.44. The Morgan fingerprint density at radius 1 is 1.19 bits per heavy atom. The van der Waals surface area contributed by atoms with Gasteiger partial charge in [0.2, 0.25) is 0 Å². The molecule has 0 fully saturated rings. The van der Waals surface area contributed by atoms with Crippen molar-refractivity contribution in [3.63, 3.8) is 0 Å². The number of nitrogens with one attached hydrogen (secondary N) is 1. The van der Waals surface area contributed by atoms with Gasteiger partial charge in [-0.2, -0.15) is 13.2 Å². The fourth-order valence-corrected chi connectivity index (χ4v) is 3.62. The SMILES string of the molecule is COc1ccc2c(c1)CCC(NC(=O)c1noc(-c3ccccc3)c1C(F)(F)F)C2=O. The Morgan fingerprint density at radius 2 is 1.94 bits per heavy atom. The minimum atomic E-state index is -4.88. The summed E-state index contributed by atoms with van der Waals surface area (Å²) in [4.78, 5) is 25.4. The molecule has 0 saturated carbocycles. The van der Waals surface area contributed by atoms with Crippen LogP contribution in [0.15, 0.2) is 53.1 Å². The number of Topliss-reactive ketones (excluding diaryl/α,β-unsaturated/α-hetero) is 1. The summed E-state index contributed by atoms with van der Waals surface area (Å²) >= 11 is 0. The third-order valence-electron chi connectivity index (χ3n) is 5.13. The standard InChI is InChI=1S/C22H17F3N2O4/c1-30-14-8-9-15-13(11-14)7-10-16(19(15)28)26-21(29)18-17(22(23,24)25)20(31-27-18)12-5-3-2-4-6-12/h2-6,8-9,11,16H,7,10H2,1H3,(H,26,29). The van der Waals surface area contributed by atoms with E-state index in [1.807, 2.05) is 0 Å². The Hall–Kier alpha value is -3.62. The molecule has 6 nitrogen and oxygen atoms in total. The Morgan fingerprint density at radius 3 is 2.61 bits per heavy atom. The molecule has 1 aliphatic carbocycles. The number of halogens is 3. The van der Waals surface area contributed by atoms with Gasteiger partial charge in [-0.05, 0) is 36.6 Å². The summed E-state index contributed by atoms with van der Waals surface area (Å²) in [5.74, 6) is -1.45. The zero-order chi connectivity index (χ0) is 22.2. The molecular formula is C22H17F3N2O4. The molecule has 1 N–H and O–H groups in total. The predicted molar refractivity (Wildman–Crippen MR) is 104 cm³/mol. The van der Waals surface area contributed by atoms with Gasteiger partial charge < -0.3 is 14.6 Å². The zero-order valence-corrected chi connectivity index (χ0v) is 16.3. The van der Waals surface area contributed by atoms with Gasteiger partial charge >= 0.3 is 6.18 Å². The van der Waals surface area contributed by atoms with E-state index < -0.39 is 35.1 Å². The maximum Gasteiger partial charge on any atom is 0.422 e. The number of amides is 1. The summed E-state index contributed by atoms with van der Waals surface area (Å²) in [5, 5.41) is 5.77. The summed E-state index contributed by atoms with van der Waals surface area (Å²) in [5.41, 5.74) is -0.876. The van der Waals surface area contributed by atoms with Crippen LogP contribution in [0.25, 0.3) is 11.3 Å². The number of benzene rings is 2. The van der Waals surface area contributed by atoms with Gasteiger partial charge in [-0.3, -0.25) is 9.59 Å². The second kappa shape index (κ2) is 7.90. The minimum Gasteiger partial charge on any atom is -0.497 e. The number of alkyl halides is 3. The highest BCUT2D eigenvalue weighted by molar-refractivity contribution is 6.06. The molecule has 1 aliphatic rings. The predicted octanol–water partition coefficient (Wildman–Crippen LogP) is 4.30. The number of rotatable bonds is 4. The normalized spacial score (nSPS) is 16.0. The molecule has 1 aromatic heterocycles. The van der Waals surface area contributed by atoms with Crippen molar-refractivity contribution >= 4 is 11.7 Å². The van der Waals surface area contributed by atoms with Crippen molar-refractivity contribution in [2.24, 2.45) is 0 Å². The van der Waals surface area contributed by atoms with E-state index in [2.05, 4.69) is 10.5 Å². The van der Waals surface area contributed by atoms with E-state index in [0.29, 0.717) is 17.7 Å². The number of methoxy groups -OCH3 is 1. The molecule has 1 heterocycles. The lowest BCUT2D eigenvalue weighted by atomic mass is 9.87. The largest absolute Gasteiger partial charge is 0.497 e. The van der Waals surface area contributed by atoms with E-state index in [1.165, 1.54) is 19.2 Å². The number of ether oxygens (including phenoxy) is 1. The first kappa shape index (κ1) is 20.6. The van der Waals surface area contributed by atoms with Crippen LogP contribution in [-0.4, -0.2) is 30.0 Å². The Labute approximate surface area is 175 Å². The Kier molecular flexibility index (Phi) is 5.26. The molecule has 0 spiro atoms. The number of aryl methyl sites for hydroxylation is 1. The molecule has 0 radical (unpaired) electrons. The fraction of sp³-hybridized carbons (Fsp3) is 0.227. The zero-order valence-electron chi connectivity index (χ0n) is 16.3. The molecular weight excluding hydrogens is 413 g/mol. The first-order valence-corrected chi connectivity index (χ1v) is 9.44. The number of hydrogen-bond acceptors (Lipinski definition) is 5. The summed E-state index contributed by atoms with van der Waals surface area (Å²) in [6.45, 7) is 0. The average Bonchev–Trinajstić information content (AvgIpc) is 3.22. The minimum absolute atomic E-state index is 0.137. The molecule has 0 bridgehead atoms. The van der Waals surface area contributed by atoms with Gasteiger partial charge in [0.25, 0.3) is 5.91 Å². The number of carbonyl (C=O) groups is 2. The second-order valence-electron chi connectivity index (χ2n) is 7.05. The molecule has 1 atom stereocenters. The quantitative estimate of drug-likeness (QED) is 0.668. The number of hydrogen-bond donors (Lipinski definition) is 1. The molecule has 9 heteroatoms. The van der Waals surface area contributed by atoms with Gasteiger partial charge in [-0.25, -0.2) is 0 Å². The van der Waals surface area contributed by atoms with Crippen molar-refractivity contribution in [2.45, 2.75) is 25.1 Å². The van der Waals surface area contributed by atoms with Crippen molar-refractivity contribution in [1.29, 1.82) is 0 Å². The number of ketones is 1. The molecule has 0 saturated heterocycles. The monoisotopic (exact) mass is 430 g/mol. The maximum atomic E-state index is 13.8. The molecule has 3 aromatic rings. The number of fused-ring (bicyclic) bond motifs is 1. The van der Waals surface area contributed by atoms with Crippen LogP contribution in [0.1, 0.15) is 38.4 Å². The molecule has 0 aliphatic heterocycles. The third-order valence-corrected chi connectivity index (χ3v) is 5.13. The topological polar surface area (TPSA) is 81.4 Å². The fourth-order valence-electron chi connectivity index (χ4n) is 3.62. The van der Waals surface area contributed by atoms with Crippen molar-refractivity contribution in [3.05, 3.63) is 70.9 Å². The van der Waals surface area contributed by atoms with Crippen LogP contribution < -0.4 is 10.1 Å². The molecule has 1 amide bonds. The van der Waals surface area contributed by atoms with E-state index >= 15 is 0 Å².